The maximum Gasteiger partial charge on any atom is 0.150 e. The summed E-state index contributed by atoms with van der Waals surface area (Å²) in [5.41, 5.74) is 0. The summed E-state index contributed by atoms with van der Waals surface area (Å²) in [5.74, 6) is 5.21. The van der Waals surface area contributed by atoms with Crippen LogP contribution in [0.5, 0.6) is 0 Å². The van der Waals surface area contributed by atoms with Crippen LogP contribution in [-0.2, 0) is 6.54 Å². The molecule has 3 atom stereocenters. The monoisotopic (exact) mass is 232 g/mol. The number of fused-ring (bicyclic) bond motifs is 2. The first-order valence-corrected chi connectivity index (χ1v) is 7.03. The first-order valence-electron chi connectivity index (χ1n) is 7.03. The van der Waals surface area contributed by atoms with E-state index < -0.39 is 0 Å². The molecule has 0 radical (unpaired) electrons. The summed E-state index contributed by atoms with van der Waals surface area (Å²) in [7, 11) is 0. The Kier molecular flexibility index (Phi) is 2.10. The van der Waals surface area contributed by atoms with Gasteiger partial charge in [0, 0.05) is 19.0 Å². The third-order valence-corrected chi connectivity index (χ3v) is 4.86. The zero-order chi connectivity index (χ0) is 11.4. The molecular weight excluding hydrogens is 212 g/mol. The van der Waals surface area contributed by atoms with Crippen molar-refractivity contribution in [1.82, 2.24) is 20.1 Å². The minimum Gasteiger partial charge on any atom is -0.312 e. The van der Waals surface area contributed by atoms with Crippen LogP contribution in [0.3, 0.4) is 0 Å². The SMILES string of the molecule is CCC1NCCn2c(C3CC4CC4C3)nnc21. The molecule has 1 aromatic rings. The Morgan fingerprint density at radius 2 is 1.94 bits per heavy atom. The van der Waals surface area contributed by atoms with Crippen molar-refractivity contribution in [1.29, 1.82) is 0 Å². The molecule has 4 nitrogen and oxygen atoms in total. The number of aromatic nitrogens is 3. The number of hydrogen-bond donors (Lipinski definition) is 1. The van der Waals surface area contributed by atoms with Crippen molar-refractivity contribution in [3.8, 4) is 0 Å². The topological polar surface area (TPSA) is 42.7 Å². The van der Waals surface area contributed by atoms with Crippen LogP contribution in [0.15, 0.2) is 0 Å². The van der Waals surface area contributed by atoms with Crippen LogP contribution in [-0.4, -0.2) is 21.3 Å². The molecule has 3 aliphatic rings. The van der Waals surface area contributed by atoms with Crippen molar-refractivity contribution in [3.05, 3.63) is 11.6 Å². The second-order valence-electron chi connectivity index (χ2n) is 5.91. The maximum absolute atomic E-state index is 4.51. The molecule has 0 spiro atoms. The summed E-state index contributed by atoms with van der Waals surface area (Å²) in [6.45, 7) is 4.34. The van der Waals surface area contributed by atoms with Crippen LogP contribution < -0.4 is 5.32 Å². The Labute approximate surface area is 102 Å². The molecule has 2 aliphatic carbocycles. The predicted octanol–water partition coefficient (Wildman–Crippen LogP) is 1.85. The van der Waals surface area contributed by atoms with Gasteiger partial charge in [-0.2, -0.15) is 0 Å². The van der Waals surface area contributed by atoms with E-state index >= 15 is 0 Å². The molecule has 1 aromatic heterocycles. The Morgan fingerprint density at radius 3 is 2.71 bits per heavy atom. The second kappa shape index (κ2) is 3.55. The van der Waals surface area contributed by atoms with Crippen molar-refractivity contribution < 1.29 is 0 Å². The molecule has 17 heavy (non-hydrogen) atoms. The summed E-state index contributed by atoms with van der Waals surface area (Å²) in [6, 6.07) is 0.418. The van der Waals surface area contributed by atoms with E-state index in [1.165, 1.54) is 30.9 Å². The van der Waals surface area contributed by atoms with Crippen molar-refractivity contribution in [2.45, 2.75) is 51.1 Å². The molecule has 4 rings (SSSR count). The lowest BCUT2D eigenvalue weighted by Crippen LogP contribution is -2.34. The van der Waals surface area contributed by atoms with Crippen molar-refractivity contribution in [3.63, 3.8) is 0 Å². The van der Waals surface area contributed by atoms with E-state index in [1.54, 1.807) is 0 Å². The fraction of sp³-hybridized carbons (Fsp3) is 0.846. The minimum absolute atomic E-state index is 0.418. The van der Waals surface area contributed by atoms with Gasteiger partial charge in [0.2, 0.25) is 0 Å². The van der Waals surface area contributed by atoms with Crippen LogP contribution in [0.2, 0.25) is 0 Å². The average Bonchev–Trinajstić information content (AvgIpc) is 2.80. The summed E-state index contributed by atoms with van der Waals surface area (Å²) in [5, 5.41) is 12.5. The Morgan fingerprint density at radius 1 is 1.18 bits per heavy atom. The van der Waals surface area contributed by atoms with Gasteiger partial charge < -0.3 is 9.88 Å². The van der Waals surface area contributed by atoms with Gasteiger partial charge in [-0.05, 0) is 37.5 Å². The van der Waals surface area contributed by atoms with Crippen molar-refractivity contribution in [2.75, 3.05) is 6.54 Å². The summed E-state index contributed by atoms with van der Waals surface area (Å²) in [6.07, 6.45) is 5.32. The highest BCUT2D eigenvalue weighted by molar-refractivity contribution is 5.13. The van der Waals surface area contributed by atoms with Gasteiger partial charge in [0.25, 0.3) is 0 Å². The number of nitrogens with one attached hydrogen (secondary N) is 1. The van der Waals surface area contributed by atoms with E-state index in [9.17, 15) is 0 Å². The summed E-state index contributed by atoms with van der Waals surface area (Å²) in [4.78, 5) is 0. The molecule has 0 aromatic carbocycles. The van der Waals surface area contributed by atoms with Crippen LogP contribution in [0.4, 0.5) is 0 Å². The van der Waals surface area contributed by atoms with Crippen LogP contribution in [0.1, 0.15) is 56.2 Å². The van der Waals surface area contributed by atoms with Crippen LogP contribution in [0.25, 0.3) is 0 Å². The van der Waals surface area contributed by atoms with E-state index in [0.717, 1.165) is 31.3 Å². The lowest BCUT2D eigenvalue weighted by Gasteiger charge is -2.25. The molecule has 92 valence electrons. The van der Waals surface area contributed by atoms with Gasteiger partial charge in [0.05, 0.1) is 6.04 Å². The first kappa shape index (κ1) is 10.1. The molecule has 2 heterocycles. The molecule has 2 fully saturated rings. The Balaban J connectivity index is 1.65. The molecule has 0 bridgehead atoms. The first-order chi connectivity index (χ1) is 8.36. The maximum atomic E-state index is 4.51. The standard InChI is InChI=1S/C13H20N4/c1-2-11-13-16-15-12(17(13)4-3-14-11)10-6-8-5-9(8)7-10/h8-11,14H,2-7H2,1H3. The van der Waals surface area contributed by atoms with Gasteiger partial charge >= 0.3 is 0 Å². The van der Waals surface area contributed by atoms with Gasteiger partial charge in [0.1, 0.15) is 11.6 Å². The van der Waals surface area contributed by atoms with Crippen molar-refractivity contribution in [2.24, 2.45) is 11.8 Å². The average molecular weight is 232 g/mol. The van der Waals surface area contributed by atoms with Gasteiger partial charge in [-0.1, -0.05) is 6.92 Å². The molecule has 3 unspecified atom stereocenters. The largest absolute Gasteiger partial charge is 0.312 e. The smallest absolute Gasteiger partial charge is 0.150 e. The molecular formula is C13H20N4. The van der Waals surface area contributed by atoms with E-state index in [0.29, 0.717) is 12.0 Å². The zero-order valence-electron chi connectivity index (χ0n) is 10.4. The third kappa shape index (κ3) is 1.46. The van der Waals surface area contributed by atoms with Gasteiger partial charge in [-0.15, -0.1) is 10.2 Å². The lowest BCUT2D eigenvalue weighted by atomic mass is 10.0. The van der Waals surface area contributed by atoms with E-state index in [2.05, 4.69) is 27.0 Å². The quantitative estimate of drug-likeness (QED) is 0.846. The van der Waals surface area contributed by atoms with Gasteiger partial charge in [-0.25, -0.2) is 0 Å². The van der Waals surface area contributed by atoms with E-state index in [-0.39, 0.29) is 0 Å². The lowest BCUT2D eigenvalue weighted by molar-refractivity contribution is 0.392. The molecule has 1 aliphatic heterocycles. The number of hydrogen-bond acceptors (Lipinski definition) is 3. The third-order valence-electron chi connectivity index (χ3n) is 4.86. The molecule has 0 amide bonds. The minimum atomic E-state index is 0.418. The van der Waals surface area contributed by atoms with Gasteiger partial charge in [0.15, 0.2) is 0 Å². The highest BCUT2D eigenvalue weighted by Crippen LogP contribution is 2.57. The second-order valence-corrected chi connectivity index (χ2v) is 5.91. The zero-order valence-corrected chi connectivity index (χ0v) is 10.4. The highest BCUT2D eigenvalue weighted by atomic mass is 15.3. The summed E-state index contributed by atoms with van der Waals surface area (Å²) < 4.78 is 2.40. The van der Waals surface area contributed by atoms with Crippen LogP contribution in [0, 0.1) is 11.8 Å². The highest BCUT2D eigenvalue weighted by Gasteiger charge is 2.47. The fourth-order valence-corrected chi connectivity index (χ4v) is 3.81. The molecule has 2 saturated carbocycles. The fourth-order valence-electron chi connectivity index (χ4n) is 3.81. The van der Waals surface area contributed by atoms with E-state index in [1.807, 2.05) is 0 Å². The Hall–Kier alpha value is -0.900. The Bertz CT molecular complexity index is 429. The van der Waals surface area contributed by atoms with E-state index in [4.69, 9.17) is 0 Å². The van der Waals surface area contributed by atoms with Gasteiger partial charge in [-0.3, -0.25) is 0 Å². The van der Waals surface area contributed by atoms with Crippen molar-refractivity contribution >= 4 is 0 Å². The molecule has 0 saturated heterocycles. The summed E-state index contributed by atoms with van der Waals surface area (Å²) >= 11 is 0. The number of nitrogens with zero attached hydrogens (tertiary/aromatic N) is 3. The normalized spacial score (nSPS) is 38.9. The molecule has 4 heteroatoms. The molecule has 1 N–H and O–H groups in total. The number of rotatable bonds is 2. The van der Waals surface area contributed by atoms with Crippen LogP contribution >= 0.6 is 0 Å². The predicted molar refractivity (Wildman–Crippen MR) is 64.6 cm³/mol.